The zero-order valence-corrected chi connectivity index (χ0v) is 13.2. The first-order valence-electron chi connectivity index (χ1n) is 5.77. The number of hydrogen-bond acceptors (Lipinski definition) is 4. The van der Waals surface area contributed by atoms with Gasteiger partial charge in [-0.25, -0.2) is 0 Å². The third kappa shape index (κ3) is 3.13. The van der Waals surface area contributed by atoms with Crippen LogP contribution >= 0.6 is 27.7 Å². The number of thioether (sulfide) groups is 1. The summed E-state index contributed by atoms with van der Waals surface area (Å²) in [5, 5.41) is -0.258. The zero-order valence-electron chi connectivity index (χ0n) is 10.8. The van der Waals surface area contributed by atoms with Crippen LogP contribution in [0.5, 0.6) is 5.75 Å². The lowest BCUT2D eigenvalue weighted by Crippen LogP contribution is -2.22. The minimum absolute atomic E-state index is 0.258. The quantitative estimate of drug-likeness (QED) is 0.611. The molecule has 0 unspecified atom stereocenters. The molecule has 0 saturated carbocycles. The van der Waals surface area contributed by atoms with E-state index in [2.05, 4.69) is 22.5 Å². The van der Waals surface area contributed by atoms with Crippen LogP contribution in [0.2, 0.25) is 0 Å². The molecule has 0 spiro atoms. The summed E-state index contributed by atoms with van der Waals surface area (Å²) in [5.41, 5.74) is 0.821. The number of benzene rings is 1. The number of rotatable bonds is 4. The highest BCUT2D eigenvalue weighted by Crippen LogP contribution is 2.32. The molecule has 0 radical (unpaired) electrons. The van der Waals surface area contributed by atoms with E-state index in [1.165, 1.54) is 7.05 Å². The number of carbonyl (C=O) groups is 2. The predicted octanol–water partition coefficient (Wildman–Crippen LogP) is 3.68. The van der Waals surface area contributed by atoms with Gasteiger partial charge in [0.05, 0.1) is 9.38 Å². The van der Waals surface area contributed by atoms with Gasteiger partial charge in [-0.3, -0.25) is 14.5 Å². The Morgan fingerprint density at radius 3 is 2.75 bits per heavy atom. The van der Waals surface area contributed by atoms with Crippen molar-refractivity contribution in [1.29, 1.82) is 0 Å². The molecule has 1 heterocycles. The molecule has 0 aromatic heterocycles. The number of ether oxygens (including phenoxy) is 1. The van der Waals surface area contributed by atoms with Crippen LogP contribution < -0.4 is 4.74 Å². The Labute approximate surface area is 129 Å². The summed E-state index contributed by atoms with van der Waals surface area (Å²) in [6.45, 7) is 4.01. The maximum atomic E-state index is 11.8. The Balaban J connectivity index is 2.22. The van der Waals surface area contributed by atoms with Crippen molar-refractivity contribution in [3.05, 3.63) is 45.8 Å². The predicted molar refractivity (Wildman–Crippen MR) is 83.6 cm³/mol. The third-order valence-electron chi connectivity index (χ3n) is 2.60. The summed E-state index contributed by atoms with van der Waals surface area (Å²) in [4.78, 5) is 24.7. The molecule has 1 aromatic rings. The minimum Gasteiger partial charge on any atom is -0.488 e. The van der Waals surface area contributed by atoms with Crippen LogP contribution in [-0.4, -0.2) is 29.7 Å². The lowest BCUT2D eigenvalue weighted by Gasteiger charge is -2.06. The summed E-state index contributed by atoms with van der Waals surface area (Å²) < 4.78 is 6.23. The fourth-order valence-corrected chi connectivity index (χ4v) is 2.91. The molecule has 1 saturated heterocycles. The molecule has 4 nitrogen and oxygen atoms in total. The van der Waals surface area contributed by atoms with E-state index in [1.54, 1.807) is 18.2 Å². The van der Waals surface area contributed by atoms with Crippen molar-refractivity contribution in [1.82, 2.24) is 4.90 Å². The molecule has 0 bridgehead atoms. The maximum Gasteiger partial charge on any atom is 0.293 e. The van der Waals surface area contributed by atoms with Crippen molar-refractivity contribution in [2.24, 2.45) is 0 Å². The normalized spacial score (nSPS) is 16.9. The highest BCUT2D eigenvalue weighted by molar-refractivity contribution is 9.10. The number of carbonyl (C=O) groups excluding carboxylic acids is 2. The average Bonchev–Trinajstić information content (AvgIpc) is 2.65. The van der Waals surface area contributed by atoms with E-state index < -0.39 is 0 Å². The van der Waals surface area contributed by atoms with Gasteiger partial charge in [0.25, 0.3) is 11.1 Å². The van der Waals surface area contributed by atoms with Gasteiger partial charge in [-0.05, 0) is 51.5 Å². The number of hydrogen-bond donors (Lipinski definition) is 0. The Morgan fingerprint density at radius 1 is 1.45 bits per heavy atom. The molecule has 6 heteroatoms. The van der Waals surface area contributed by atoms with Crippen LogP contribution in [-0.2, 0) is 4.79 Å². The maximum absolute atomic E-state index is 11.8. The summed E-state index contributed by atoms with van der Waals surface area (Å²) in [6, 6.07) is 5.46. The van der Waals surface area contributed by atoms with Crippen LogP contribution in [0.1, 0.15) is 5.56 Å². The first-order valence-corrected chi connectivity index (χ1v) is 7.38. The van der Waals surface area contributed by atoms with E-state index in [0.717, 1.165) is 26.7 Å². The standard InChI is InChI=1S/C14H12BrNO3S/c1-3-6-19-11-5-4-9(7-10(11)15)8-12-13(17)16(2)14(18)20-12/h3-5,7-8H,1,6H2,2H3/b12-8-. The first-order chi connectivity index (χ1) is 9.52. The molecule has 104 valence electrons. The van der Waals surface area contributed by atoms with Gasteiger partial charge in [0.15, 0.2) is 0 Å². The number of nitrogens with zero attached hydrogens (tertiary/aromatic N) is 1. The van der Waals surface area contributed by atoms with Crippen LogP contribution in [0.25, 0.3) is 6.08 Å². The van der Waals surface area contributed by atoms with Crippen molar-refractivity contribution in [3.8, 4) is 5.75 Å². The van der Waals surface area contributed by atoms with Gasteiger partial charge in [-0.1, -0.05) is 18.7 Å². The Kier molecular flexibility index (Phi) is 4.67. The van der Waals surface area contributed by atoms with Crippen LogP contribution in [0.15, 0.2) is 40.2 Å². The summed E-state index contributed by atoms with van der Waals surface area (Å²) in [5.74, 6) is 0.425. The molecule has 20 heavy (non-hydrogen) atoms. The zero-order chi connectivity index (χ0) is 14.7. The molecule has 0 aliphatic carbocycles. The molecule has 1 aliphatic heterocycles. The Bertz CT molecular complexity index is 612. The monoisotopic (exact) mass is 353 g/mol. The van der Waals surface area contributed by atoms with Gasteiger partial charge in [0, 0.05) is 7.05 Å². The van der Waals surface area contributed by atoms with Crippen LogP contribution in [0.3, 0.4) is 0 Å². The molecular formula is C14H12BrNO3S. The number of amides is 2. The van der Waals surface area contributed by atoms with Gasteiger partial charge < -0.3 is 4.74 Å². The molecular weight excluding hydrogens is 342 g/mol. The minimum atomic E-state index is -0.275. The Hall–Kier alpha value is -1.53. The highest BCUT2D eigenvalue weighted by Gasteiger charge is 2.31. The third-order valence-corrected chi connectivity index (χ3v) is 4.18. The fraction of sp³-hybridized carbons (Fsp3) is 0.143. The van der Waals surface area contributed by atoms with E-state index in [-0.39, 0.29) is 11.1 Å². The lowest BCUT2D eigenvalue weighted by atomic mass is 10.2. The molecule has 0 N–H and O–H groups in total. The molecule has 2 amide bonds. The average molecular weight is 354 g/mol. The van der Waals surface area contributed by atoms with Crippen molar-refractivity contribution in [2.45, 2.75) is 0 Å². The first kappa shape index (κ1) is 14.9. The van der Waals surface area contributed by atoms with Crippen LogP contribution in [0, 0.1) is 0 Å². The van der Waals surface area contributed by atoms with E-state index in [9.17, 15) is 9.59 Å². The molecule has 1 aromatic carbocycles. The molecule has 1 fully saturated rings. The van der Waals surface area contributed by atoms with E-state index >= 15 is 0 Å². The summed E-state index contributed by atoms with van der Waals surface area (Å²) in [6.07, 6.45) is 3.36. The second-order valence-corrected chi connectivity index (χ2v) is 5.88. The summed E-state index contributed by atoms with van der Waals surface area (Å²) >= 11 is 4.35. The number of likely N-dealkylation sites (N-methyl/N-ethyl adjacent to an activating group) is 1. The fourth-order valence-electron chi connectivity index (χ4n) is 1.57. The van der Waals surface area contributed by atoms with Gasteiger partial charge in [-0.15, -0.1) is 0 Å². The van der Waals surface area contributed by atoms with E-state index in [4.69, 9.17) is 4.74 Å². The van der Waals surface area contributed by atoms with Crippen LogP contribution in [0.4, 0.5) is 4.79 Å². The summed E-state index contributed by atoms with van der Waals surface area (Å²) in [7, 11) is 1.47. The second-order valence-electron chi connectivity index (χ2n) is 4.03. The van der Waals surface area contributed by atoms with Gasteiger partial charge >= 0.3 is 0 Å². The molecule has 1 aliphatic rings. The lowest BCUT2D eigenvalue weighted by molar-refractivity contribution is -0.121. The van der Waals surface area contributed by atoms with Crippen molar-refractivity contribution in [3.63, 3.8) is 0 Å². The number of halogens is 1. The van der Waals surface area contributed by atoms with Gasteiger partial charge in [-0.2, -0.15) is 0 Å². The second kappa shape index (κ2) is 6.28. The van der Waals surface area contributed by atoms with Crippen molar-refractivity contribution >= 4 is 44.9 Å². The van der Waals surface area contributed by atoms with E-state index in [0.29, 0.717) is 17.3 Å². The van der Waals surface area contributed by atoms with Crippen molar-refractivity contribution < 1.29 is 14.3 Å². The van der Waals surface area contributed by atoms with Crippen molar-refractivity contribution in [2.75, 3.05) is 13.7 Å². The van der Waals surface area contributed by atoms with E-state index in [1.807, 2.05) is 12.1 Å². The smallest absolute Gasteiger partial charge is 0.293 e. The van der Waals surface area contributed by atoms with Gasteiger partial charge in [0.1, 0.15) is 12.4 Å². The largest absolute Gasteiger partial charge is 0.488 e. The SMILES string of the molecule is C=CCOc1ccc(/C=C2\SC(=O)N(C)C2=O)cc1Br. The molecule has 2 rings (SSSR count). The number of imide groups is 1. The van der Waals surface area contributed by atoms with Gasteiger partial charge in [0.2, 0.25) is 0 Å². The highest BCUT2D eigenvalue weighted by atomic mass is 79.9. The Morgan fingerprint density at radius 2 is 2.20 bits per heavy atom. The molecule has 0 atom stereocenters. The topological polar surface area (TPSA) is 46.6 Å².